The zero-order valence-electron chi connectivity index (χ0n) is 13.9. The molecular formula is C18H30N2O. The number of hydrogen-bond acceptors (Lipinski definition) is 2. The highest BCUT2D eigenvalue weighted by atomic mass is 16.1. The topological polar surface area (TPSA) is 41.1 Å². The molecule has 118 valence electrons. The van der Waals surface area contributed by atoms with Crippen molar-refractivity contribution < 1.29 is 4.79 Å². The van der Waals surface area contributed by atoms with E-state index in [0.717, 1.165) is 37.9 Å². The summed E-state index contributed by atoms with van der Waals surface area (Å²) in [6.45, 7) is 9.47. The summed E-state index contributed by atoms with van der Waals surface area (Å²) in [4.78, 5) is 12.3. The average molecular weight is 290 g/mol. The molecular weight excluding hydrogens is 260 g/mol. The molecule has 0 radical (unpaired) electrons. The summed E-state index contributed by atoms with van der Waals surface area (Å²) in [6, 6.07) is 8.49. The van der Waals surface area contributed by atoms with Crippen LogP contribution < -0.4 is 10.6 Å². The van der Waals surface area contributed by atoms with Gasteiger partial charge in [-0.15, -0.1) is 0 Å². The quantitative estimate of drug-likeness (QED) is 0.702. The molecule has 0 saturated heterocycles. The van der Waals surface area contributed by atoms with Gasteiger partial charge in [0.05, 0.1) is 0 Å². The van der Waals surface area contributed by atoms with Gasteiger partial charge in [0, 0.05) is 17.6 Å². The van der Waals surface area contributed by atoms with Crippen LogP contribution in [-0.4, -0.2) is 12.5 Å². The van der Waals surface area contributed by atoms with E-state index in [1.807, 2.05) is 12.1 Å². The zero-order chi connectivity index (χ0) is 15.7. The van der Waals surface area contributed by atoms with E-state index in [1.54, 1.807) is 0 Å². The van der Waals surface area contributed by atoms with Crippen LogP contribution in [0.4, 0.5) is 5.69 Å². The summed E-state index contributed by atoms with van der Waals surface area (Å²) >= 11 is 0. The van der Waals surface area contributed by atoms with Gasteiger partial charge in [-0.3, -0.25) is 4.79 Å². The van der Waals surface area contributed by atoms with E-state index in [4.69, 9.17) is 0 Å². The lowest BCUT2D eigenvalue weighted by molar-refractivity contribution is -0.120. The SMILES string of the molecule is CCCC(CCC)C(=O)Nc1ccc(C(C)NCC)cc1. The third-order valence-corrected chi connectivity index (χ3v) is 3.83. The number of anilines is 1. The lowest BCUT2D eigenvalue weighted by Crippen LogP contribution is -2.22. The van der Waals surface area contributed by atoms with Crippen molar-refractivity contribution in [1.82, 2.24) is 5.32 Å². The van der Waals surface area contributed by atoms with Crippen molar-refractivity contribution in [3.8, 4) is 0 Å². The number of carbonyl (C=O) groups is 1. The standard InChI is InChI=1S/C18H30N2O/c1-5-8-16(9-6-2)18(21)20-17-12-10-15(11-13-17)14(4)19-7-3/h10-14,16,19H,5-9H2,1-4H3,(H,20,21). The van der Waals surface area contributed by atoms with Crippen LogP contribution in [0.2, 0.25) is 0 Å². The maximum absolute atomic E-state index is 12.3. The smallest absolute Gasteiger partial charge is 0.227 e. The minimum absolute atomic E-state index is 0.139. The highest BCUT2D eigenvalue weighted by molar-refractivity contribution is 5.92. The Balaban J connectivity index is 2.63. The number of amides is 1. The van der Waals surface area contributed by atoms with Gasteiger partial charge in [0.2, 0.25) is 5.91 Å². The van der Waals surface area contributed by atoms with Gasteiger partial charge in [-0.2, -0.15) is 0 Å². The molecule has 0 spiro atoms. The Labute approximate surface area is 129 Å². The first-order valence-corrected chi connectivity index (χ1v) is 8.26. The van der Waals surface area contributed by atoms with E-state index in [1.165, 1.54) is 5.56 Å². The predicted molar refractivity (Wildman–Crippen MR) is 90.5 cm³/mol. The summed E-state index contributed by atoms with van der Waals surface area (Å²) in [5, 5.41) is 6.44. The minimum atomic E-state index is 0.139. The van der Waals surface area contributed by atoms with Crippen LogP contribution in [-0.2, 0) is 4.79 Å². The number of hydrogen-bond donors (Lipinski definition) is 2. The fourth-order valence-electron chi connectivity index (χ4n) is 2.63. The van der Waals surface area contributed by atoms with E-state index in [9.17, 15) is 4.79 Å². The lowest BCUT2D eigenvalue weighted by Gasteiger charge is -2.16. The maximum atomic E-state index is 12.3. The molecule has 0 fully saturated rings. The van der Waals surface area contributed by atoms with E-state index >= 15 is 0 Å². The molecule has 0 bridgehead atoms. The van der Waals surface area contributed by atoms with Gasteiger partial charge in [0.1, 0.15) is 0 Å². The van der Waals surface area contributed by atoms with Gasteiger partial charge in [-0.05, 0) is 44.0 Å². The Morgan fingerprint density at radius 3 is 2.10 bits per heavy atom. The Kier molecular flexibility index (Phi) is 8.06. The van der Waals surface area contributed by atoms with Crippen molar-refractivity contribution in [3.63, 3.8) is 0 Å². The molecule has 0 aromatic heterocycles. The van der Waals surface area contributed by atoms with Crippen molar-refractivity contribution in [2.45, 2.75) is 59.4 Å². The average Bonchev–Trinajstić information content (AvgIpc) is 2.48. The molecule has 1 unspecified atom stereocenters. The third kappa shape index (κ3) is 5.88. The fraction of sp³-hybridized carbons (Fsp3) is 0.611. The largest absolute Gasteiger partial charge is 0.326 e. The summed E-state index contributed by atoms with van der Waals surface area (Å²) in [5.41, 5.74) is 2.14. The number of carbonyl (C=O) groups excluding carboxylic acids is 1. The molecule has 0 aliphatic heterocycles. The monoisotopic (exact) mass is 290 g/mol. The Morgan fingerprint density at radius 2 is 1.62 bits per heavy atom. The summed E-state index contributed by atoms with van der Waals surface area (Å²) in [5.74, 6) is 0.298. The molecule has 0 heterocycles. The first-order chi connectivity index (χ1) is 10.1. The first kappa shape index (κ1) is 17.7. The third-order valence-electron chi connectivity index (χ3n) is 3.83. The highest BCUT2D eigenvalue weighted by Crippen LogP contribution is 2.19. The van der Waals surface area contributed by atoms with Crippen LogP contribution in [0.1, 0.15) is 65.0 Å². The number of rotatable bonds is 9. The molecule has 1 aromatic rings. The second-order valence-corrected chi connectivity index (χ2v) is 5.66. The minimum Gasteiger partial charge on any atom is -0.326 e. The molecule has 3 heteroatoms. The van der Waals surface area contributed by atoms with Crippen molar-refractivity contribution in [1.29, 1.82) is 0 Å². The van der Waals surface area contributed by atoms with Crippen LogP contribution in [0.3, 0.4) is 0 Å². The molecule has 0 aliphatic carbocycles. The summed E-state index contributed by atoms with van der Waals surface area (Å²) in [7, 11) is 0. The fourth-order valence-corrected chi connectivity index (χ4v) is 2.63. The normalized spacial score (nSPS) is 12.4. The molecule has 3 nitrogen and oxygen atoms in total. The van der Waals surface area contributed by atoms with Crippen LogP contribution in [0.5, 0.6) is 0 Å². The van der Waals surface area contributed by atoms with Crippen LogP contribution in [0, 0.1) is 5.92 Å². The second kappa shape index (κ2) is 9.56. The second-order valence-electron chi connectivity index (χ2n) is 5.66. The Hall–Kier alpha value is -1.35. The number of benzene rings is 1. The van der Waals surface area contributed by atoms with Gasteiger partial charge >= 0.3 is 0 Å². The van der Waals surface area contributed by atoms with Gasteiger partial charge in [0.15, 0.2) is 0 Å². The maximum Gasteiger partial charge on any atom is 0.227 e. The van der Waals surface area contributed by atoms with Gasteiger partial charge in [0.25, 0.3) is 0 Å². The van der Waals surface area contributed by atoms with Crippen molar-refractivity contribution >= 4 is 11.6 Å². The zero-order valence-corrected chi connectivity index (χ0v) is 13.9. The Morgan fingerprint density at radius 1 is 1.05 bits per heavy atom. The first-order valence-electron chi connectivity index (χ1n) is 8.26. The summed E-state index contributed by atoms with van der Waals surface area (Å²) < 4.78 is 0. The predicted octanol–water partition coefficient (Wildman–Crippen LogP) is 4.51. The van der Waals surface area contributed by atoms with Crippen molar-refractivity contribution in [2.24, 2.45) is 5.92 Å². The van der Waals surface area contributed by atoms with Crippen LogP contribution in [0.15, 0.2) is 24.3 Å². The molecule has 2 N–H and O–H groups in total. The van der Waals surface area contributed by atoms with Crippen molar-refractivity contribution in [3.05, 3.63) is 29.8 Å². The highest BCUT2D eigenvalue weighted by Gasteiger charge is 2.16. The molecule has 1 amide bonds. The summed E-state index contributed by atoms with van der Waals surface area (Å²) in [6.07, 6.45) is 4.04. The van der Waals surface area contributed by atoms with Gasteiger partial charge in [-0.25, -0.2) is 0 Å². The van der Waals surface area contributed by atoms with E-state index in [2.05, 4.69) is 50.5 Å². The Bertz CT molecular complexity index is 408. The molecule has 1 atom stereocenters. The van der Waals surface area contributed by atoms with Gasteiger partial charge < -0.3 is 10.6 Å². The van der Waals surface area contributed by atoms with E-state index in [-0.39, 0.29) is 11.8 Å². The molecule has 0 aliphatic rings. The van der Waals surface area contributed by atoms with Crippen LogP contribution in [0.25, 0.3) is 0 Å². The van der Waals surface area contributed by atoms with E-state index < -0.39 is 0 Å². The molecule has 1 aromatic carbocycles. The van der Waals surface area contributed by atoms with Crippen molar-refractivity contribution in [2.75, 3.05) is 11.9 Å². The van der Waals surface area contributed by atoms with Crippen LogP contribution >= 0.6 is 0 Å². The number of nitrogens with one attached hydrogen (secondary N) is 2. The molecule has 1 rings (SSSR count). The van der Waals surface area contributed by atoms with Gasteiger partial charge in [-0.1, -0.05) is 45.7 Å². The molecule has 0 saturated carbocycles. The van der Waals surface area contributed by atoms with E-state index in [0.29, 0.717) is 6.04 Å². The lowest BCUT2D eigenvalue weighted by atomic mass is 9.97. The molecule has 21 heavy (non-hydrogen) atoms.